The van der Waals surface area contributed by atoms with Gasteiger partial charge < -0.3 is 0 Å². The Labute approximate surface area is 123 Å². The van der Waals surface area contributed by atoms with Crippen LogP contribution in [0.2, 0.25) is 0 Å². The van der Waals surface area contributed by atoms with Gasteiger partial charge in [0.05, 0.1) is 22.8 Å². The first-order valence-corrected chi connectivity index (χ1v) is 6.84. The van der Waals surface area contributed by atoms with Crippen molar-refractivity contribution >= 4 is 11.4 Å². The number of nitrogens with zero attached hydrogens (tertiary/aromatic N) is 4. The molecule has 0 bridgehead atoms. The van der Waals surface area contributed by atoms with E-state index < -0.39 is 0 Å². The van der Waals surface area contributed by atoms with Crippen molar-refractivity contribution in [1.82, 2.24) is 9.78 Å². The van der Waals surface area contributed by atoms with Gasteiger partial charge in [0.2, 0.25) is 0 Å². The van der Waals surface area contributed by atoms with Crippen molar-refractivity contribution in [3.8, 4) is 5.69 Å². The van der Waals surface area contributed by atoms with E-state index in [9.17, 15) is 0 Å². The van der Waals surface area contributed by atoms with Crippen LogP contribution in [0.5, 0.6) is 0 Å². The molecule has 3 aromatic rings. The van der Waals surface area contributed by atoms with Crippen LogP contribution in [0.15, 0.2) is 70.9 Å². The molecular weight excluding hydrogens is 260 g/mol. The number of hydrogen-bond donors (Lipinski definition) is 0. The number of aryl methyl sites for hydroxylation is 1. The van der Waals surface area contributed by atoms with E-state index in [2.05, 4.69) is 15.3 Å². The first-order valence-electron chi connectivity index (χ1n) is 6.84. The summed E-state index contributed by atoms with van der Waals surface area (Å²) in [5.74, 6) is 0. The van der Waals surface area contributed by atoms with Crippen molar-refractivity contribution in [2.24, 2.45) is 10.2 Å². The number of para-hydroxylation sites is 1. The number of rotatable bonds is 3. The molecule has 4 heteroatoms. The zero-order valence-electron chi connectivity index (χ0n) is 12.1. The molecule has 0 saturated carbocycles. The van der Waals surface area contributed by atoms with Gasteiger partial charge in [-0.25, -0.2) is 4.68 Å². The Morgan fingerprint density at radius 1 is 0.810 bits per heavy atom. The van der Waals surface area contributed by atoms with E-state index in [-0.39, 0.29) is 0 Å². The number of hydrogen-bond acceptors (Lipinski definition) is 3. The lowest BCUT2D eigenvalue weighted by Gasteiger charge is -2.03. The topological polar surface area (TPSA) is 42.5 Å². The summed E-state index contributed by atoms with van der Waals surface area (Å²) in [5.41, 5.74) is 4.54. The number of azo groups is 1. The lowest BCUT2D eigenvalue weighted by Crippen LogP contribution is -1.98. The average molecular weight is 276 g/mol. The van der Waals surface area contributed by atoms with Crippen molar-refractivity contribution < 1.29 is 0 Å². The zero-order valence-corrected chi connectivity index (χ0v) is 12.1. The quantitative estimate of drug-likeness (QED) is 0.627. The monoisotopic (exact) mass is 276 g/mol. The van der Waals surface area contributed by atoms with Crippen LogP contribution in [-0.4, -0.2) is 9.78 Å². The van der Waals surface area contributed by atoms with E-state index in [0.717, 1.165) is 28.5 Å². The SMILES string of the molecule is Cc1nn(-c2ccccc2)c(C)c1N=Nc1ccccc1. The Morgan fingerprint density at radius 2 is 1.43 bits per heavy atom. The predicted molar refractivity (Wildman–Crippen MR) is 83.7 cm³/mol. The van der Waals surface area contributed by atoms with Crippen LogP contribution < -0.4 is 0 Å². The van der Waals surface area contributed by atoms with Crippen molar-refractivity contribution in [3.63, 3.8) is 0 Å². The van der Waals surface area contributed by atoms with Crippen LogP contribution in [0, 0.1) is 13.8 Å². The third kappa shape index (κ3) is 2.74. The molecule has 0 aliphatic carbocycles. The average Bonchev–Trinajstić information content (AvgIpc) is 2.82. The van der Waals surface area contributed by atoms with E-state index in [1.165, 1.54) is 0 Å². The Hall–Kier alpha value is -2.75. The van der Waals surface area contributed by atoms with E-state index >= 15 is 0 Å². The zero-order chi connectivity index (χ0) is 14.7. The molecule has 104 valence electrons. The Balaban J connectivity index is 1.98. The molecule has 0 N–H and O–H groups in total. The van der Waals surface area contributed by atoms with Crippen LogP contribution in [-0.2, 0) is 0 Å². The lowest BCUT2D eigenvalue weighted by atomic mass is 10.3. The van der Waals surface area contributed by atoms with Gasteiger partial charge in [-0.15, -0.1) is 5.11 Å². The normalized spacial score (nSPS) is 11.1. The highest BCUT2D eigenvalue weighted by molar-refractivity contribution is 5.50. The lowest BCUT2D eigenvalue weighted by molar-refractivity contribution is 0.833. The summed E-state index contributed by atoms with van der Waals surface area (Å²) in [6.45, 7) is 3.96. The molecule has 4 nitrogen and oxygen atoms in total. The molecular formula is C17H16N4. The smallest absolute Gasteiger partial charge is 0.130 e. The number of aromatic nitrogens is 2. The third-order valence-electron chi connectivity index (χ3n) is 3.28. The standard InChI is InChI=1S/C17H16N4/c1-13-17(19-18-15-9-5-3-6-10-15)14(2)21(20-13)16-11-7-4-8-12-16/h3-12H,1-2H3. The van der Waals surface area contributed by atoms with Gasteiger partial charge in [-0.1, -0.05) is 36.4 Å². The molecule has 3 rings (SSSR count). The summed E-state index contributed by atoms with van der Waals surface area (Å²) in [5, 5.41) is 13.2. The van der Waals surface area contributed by atoms with Gasteiger partial charge in [-0.3, -0.25) is 0 Å². The van der Waals surface area contributed by atoms with Crippen LogP contribution in [0.3, 0.4) is 0 Å². The fourth-order valence-electron chi connectivity index (χ4n) is 2.20. The molecule has 2 aromatic carbocycles. The van der Waals surface area contributed by atoms with Gasteiger partial charge in [0.15, 0.2) is 0 Å². The van der Waals surface area contributed by atoms with E-state index in [1.807, 2.05) is 79.2 Å². The highest BCUT2D eigenvalue weighted by Gasteiger charge is 2.12. The molecule has 0 aliphatic heterocycles. The van der Waals surface area contributed by atoms with Crippen LogP contribution in [0.1, 0.15) is 11.4 Å². The third-order valence-corrected chi connectivity index (χ3v) is 3.28. The number of benzene rings is 2. The fourth-order valence-corrected chi connectivity index (χ4v) is 2.20. The van der Waals surface area contributed by atoms with Crippen LogP contribution >= 0.6 is 0 Å². The molecule has 0 saturated heterocycles. The second-order valence-corrected chi connectivity index (χ2v) is 4.80. The van der Waals surface area contributed by atoms with E-state index in [0.29, 0.717) is 0 Å². The van der Waals surface area contributed by atoms with Crippen molar-refractivity contribution in [3.05, 3.63) is 72.1 Å². The van der Waals surface area contributed by atoms with Crippen molar-refractivity contribution in [1.29, 1.82) is 0 Å². The summed E-state index contributed by atoms with van der Waals surface area (Å²) in [7, 11) is 0. The van der Waals surface area contributed by atoms with Gasteiger partial charge >= 0.3 is 0 Å². The van der Waals surface area contributed by atoms with Gasteiger partial charge in [0, 0.05) is 0 Å². The minimum absolute atomic E-state index is 0.822. The molecule has 21 heavy (non-hydrogen) atoms. The fraction of sp³-hybridized carbons (Fsp3) is 0.118. The molecule has 0 unspecified atom stereocenters. The maximum atomic E-state index is 4.56. The highest BCUT2D eigenvalue weighted by Crippen LogP contribution is 2.27. The summed E-state index contributed by atoms with van der Waals surface area (Å²) in [6.07, 6.45) is 0. The molecule has 1 aromatic heterocycles. The molecule has 0 aliphatic rings. The van der Waals surface area contributed by atoms with Crippen molar-refractivity contribution in [2.45, 2.75) is 13.8 Å². The van der Waals surface area contributed by atoms with Gasteiger partial charge in [0.25, 0.3) is 0 Å². The maximum Gasteiger partial charge on any atom is 0.130 e. The van der Waals surface area contributed by atoms with E-state index in [1.54, 1.807) is 0 Å². The van der Waals surface area contributed by atoms with Gasteiger partial charge in [-0.05, 0) is 38.1 Å². The second-order valence-electron chi connectivity index (χ2n) is 4.80. The Bertz CT molecular complexity index is 758. The molecule has 0 amide bonds. The van der Waals surface area contributed by atoms with Gasteiger partial charge in [-0.2, -0.15) is 10.2 Å². The molecule has 0 atom stereocenters. The molecule has 0 radical (unpaired) electrons. The van der Waals surface area contributed by atoms with Gasteiger partial charge in [0.1, 0.15) is 5.69 Å². The molecule has 1 heterocycles. The first kappa shape index (κ1) is 13.2. The minimum atomic E-state index is 0.822. The summed E-state index contributed by atoms with van der Waals surface area (Å²) >= 11 is 0. The minimum Gasteiger partial charge on any atom is -0.236 e. The molecule has 0 spiro atoms. The Kier molecular flexibility index (Phi) is 3.60. The highest BCUT2D eigenvalue weighted by atomic mass is 15.3. The van der Waals surface area contributed by atoms with Crippen LogP contribution in [0.25, 0.3) is 5.69 Å². The summed E-state index contributed by atoms with van der Waals surface area (Å²) in [4.78, 5) is 0. The van der Waals surface area contributed by atoms with Crippen molar-refractivity contribution in [2.75, 3.05) is 0 Å². The first-order chi connectivity index (χ1) is 10.3. The largest absolute Gasteiger partial charge is 0.236 e. The second kappa shape index (κ2) is 5.71. The predicted octanol–water partition coefficient (Wildman–Crippen LogP) is 4.90. The van der Waals surface area contributed by atoms with E-state index in [4.69, 9.17) is 0 Å². The summed E-state index contributed by atoms with van der Waals surface area (Å²) < 4.78 is 1.90. The Morgan fingerprint density at radius 3 is 2.10 bits per heavy atom. The van der Waals surface area contributed by atoms with Crippen LogP contribution in [0.4, 0.5) is 11.4 Å². The maximum absolute atomic E-state index is 4.56. The molecule has 0 fully saturated rings. The summed E-state index contributed by atoms with van der Waals surface area (Å²) in [6, 6.07) is 19.7.